The number of aliphatic hydroxyl groups is 1. The van der Waals surface area contributed by atoms with Crippen molar-refractivity contribution >= 4 is 17.5 Å². The van der Waals surface area contributed by atoms with Crippen LogP contribution in [0.1, 0.15) is 51.4 Å². The van der Waals surface area contributed by atoms with E-state index in [2.05, 4.69) is 36.6 Å². The molecule has 9 heteroatoms. The fourth-order valence-corrected chi connectivity index (χ4v) is 3.02. The standard InChI is InChI=1S/C24H32N6O3/c1-23(2,3)12-17-11-20(33-30-17)28-19(32)10-15-6-8-16(9-7-15)21(26)18(13-25)22(27)29-24(4,5)14-31/h6-9,11,26,29,31H,10,12,14,27H2,1-5H3,(H,28,32)/b22-18-,26-21?. The number of nitrogens with one attached hydrogen (secondary N) is 3. The predicted octanol–water partition coefficient (Wildman–Crippen LogP) is 2.87. The van der Waals surface area contributed by atoms with Gasteiger partial charge in [-0.2, -0.15) is 5.26 Å². The average Bonchev–Trinajstić information content (AvgIpc) is 3.13. The first-order valence-corrected chi connectivity index (χ1v) is 10.6. The van der Waals surface area contributed by atoms with Crippen LogP contribution in [0.3, 0.4) is 0 Å². The molecule has 9 nitrogen and oxygen atoms in total. The van der Waals surface area contributed by atoms with Gasteiger partial charge in [-0.15, -0.1) is 0 Å². The summed E-state index contributed by atoms with van der Waals surface area (Å²) in [6.07, 6.45) is 0.842. The van der Waals surface area contributed by atoms with Crippen LogP contribution in [0.25, 0.3) is 0 Å². The Morgan fingerprint density at radius 2 is 1.88 bits per heavy atom. The van der Waals surface area contributed by atoms with Crippen molar-refractivity contribution in [3.05, 3.63) is 58.5 Å². The average molecular weight is 453 g/mol. The van der Waals surface area contributed by atoms with Crippen molar-refractivity contribution in [3.8, 4) is 6.07 Å². The van der Waals surface area contributed by atoms with E-state index in [1.807, 2.05) is 6.07 Å². The van der Waals surface area contributed by atoms with Crippen LogP contribution in [0.15, 0.2) is 46.2 Å². The lowest BCUT2D eigenvalue weighted by Gasteiger charge is -2.25. The second-order valence-corrected chi connectivity index (χ2v) is 9.78. The summed E-state index contributed by atoms with van der Waals surface area (Å²) in [7, 11) is 0. The lowest BCUT2D eigenvalue weighted by Crippen LogP contribution is -2.45. The van der Waals surface area contributed by atoms with Gasteiger partial charge in [0.2, 0.25) is 11.8 Å². The molecule has 176 valence electrons. The van der Waals surface area contributed by atoms with E-state index < -0.39 is 5.54 Å². The fraction of sp³-hybridized carbons (Fsp3) is 0.417. The van der Waals surface area contributed by atoms with E-state index >= 15 is 0 Å². The molecule has 0 aliphatic carbocycles. The zero-order chi connectivity index (χ0) is 24.8. The summed E-state index contributed by atoms with van der Waals surface area (Å²) in [5.41, 5.74) is 7.18. The van der Waals surface area contributed by atoms with Crippen LogP contribution in [0.2, 0.25) is 0 Å². The summed E-state index contributed by atoms with van der Waals surface area (Å²) in [6.45, 7) is 9.55. The van der Waals surface area contributed by atoms with Crippen LogP contribution in [-0.4, -0.2) is 34.0 Å². The molecule has 1 aromatic heterocycles. The number of benzene rings is 1. The number of amides is 1. The number of hydrogen-bond donors (Lipinski definition) is 5. The van der Waals surface area contributed by atoms with Gasteiger partial charge in [-0.05, 0) is 31.2 Å². The van der Waals surface area contributed by atoms with Gasteiger partial charge in [-0.1, -0.05) is 50.2 Å². The molecule has 1 amide bonds. The van der Waals surface area contributed by atoms with Crippen molar-refractivity contribution in [2.45, 2.75) is 53.0 Å². The normalized spacial score (nSPS) is 12.5. The Labute approximate surface area is 194 Å². The van der Waals surface area contributed by atoms with Crippen molar-refractivity contribution in [2.24, 2.45) is 11.1 Å². The Kier molecular flexibility index (Phi) is 8.01. The molecule has 0 aliphatic rings. The van der Waals surface area contributed by atoms with E-state index in [9.17, 15) is 15.2 Å². The van der Waals surface area contributed by atoms with Gasteiger partial charge >= 0.3 is 0 Å². The smallest absolute Gasteiger partial charge is 0.231 e. The largest absolute Gasteiger partial charge is 0.394 e. The third kappa shape index (κ3) is 7.77. The molecule has 0 radical (unpaired) electrons. The third-order valence-electron chi connectivity index (χ3n) is 4.64. The minimum absolute atomic E-state index is 0.0166. The zero-order valence-electron chi connectivity index (χ0n) is 19.7. The van der Waals surface area contributed by atoms with Gasteiger partial charge in [0.25, 0.3) is 0 Å². The molecule has 0 aliphatic heterocycles. The van der Waals surface area contributed by atoms with Gasteiger partial charge in [0, 0.05) is 11.6 Å². The first-order valence-electron chi connectivity index (χ1n) is 10.6. The number of carbonyl (C=O) groups is 1. The predicted molar refractivity (Wildman–Crippen MR) is 126 cm³/mol. The van der Waals surface area contributed by atoms with E-state index in [0.717, 1.165) is 17.7 Å². The summed E-state index contributed by atoms with van der Waals surface area (Å²) in [4.78, 5) is 12.4. The van der Waals surface area contributed by atoms with Gasteiger partial charge < -0.3 is 20.7 Å². The Morgan fingerprint density at radius 3 is 2.42 bits per heavy atom. The number of aliphatic hydroxyl groups excluding tert-OH is 1. The summed E-state index contributed by atoms with van der Waals surface area (Å²) in [5, 5.41) is 36.7. The molecule has 1 heterocycles. The van der Waals surface area contributed by atoms with Gasteiger partial charge in [-0.3, -0.25) is 15.5 Å². The monoisotopic (exact) mass is 452 g/mol. The lowest BCUT2D eigenvalue weighted by molar-refractivity contribution is -0.115. The third-order valence-corrected chi connectivity index (χ3v) is 4.64. The molecule has 2 aromatic rings. The maximum atomic E-state index is 12.4. The lowest BCUT2D eigenvalue weighted by atomic mass is 9.91. The number of aromatic nitrogens is 1. The molecule has 1 aromatic carbocycles. The Hall–Kier alpha value is -3.64. The van der Waals surface area contributed by atoms with Crippen molar-refractivity contribution in [1.29, 1.82) is 10.7 Å². The van der Waals surface area contributed by atoms with Gasteiger partial charge in [0.1, 0.15) is 17.5 Å². The second-order valence-electron chi connectivity index (χ2n) is 9.78. The molecular weight excluding hydrogens is 420 g/mol. The number of anilines is 1. The summed E-state index contributed by atoms with van der Waals surface area (Å²) in [5.74, 6) is 0.0618. The van der Waals surface area contributed by atoms with Crippen LogP contribution in [0.4, 0.5) is 5.88 Å². The number of carbonyl (C=O) groups excluding carboxylic acids is 1. The van der Waals surface area contributed by atoms with Crippen molar-refractivity contribution in [2.75, 3.05) is 11.9 Å². The van der Waals surface area contributed by atoms with E-state index in [1.54, 1.807) is 44.2 Å². The van der Waals surface area contributed by atoms with Gasteiger partial charge in [-0.25, -0.2) is 0 Å². The van der Waals surface area contributed by atoms with E-state index in [-0.39, 0.29) is 41.5 Å². The Balaban J connectivity index is 2.04. The van der Waals surface area contributed by atoms with Crippen LogP contribution in [0.5, 0.6) is 0 Å². The number of hydrogen-bond acceptors (Lipinski definition) is 8. The van der Waals surface area contributed by atoms with Crippen molar-refractivity contribution in [1.82, 2.24) is 10.5 Å². The van der Waals surface area contributed by atoms with Crippen molar-refractivity contribution in [3.63, 3.8) is 0 Å². The number of allylic oxidation sites excluding steroid dienone is 1. The van der Waals surface area contributed by atoms with E-state index in [1.165, 1.54) is 0 Å². The molecule has 0 unspecified atom stereocenters. The van der Waals surface area contributed by atoms with Crippen molar-refractivity contribution < 1.29 is 14.4 Å². The minimum atomic E-state index is -0.735. The van der Waals surface area contributed by atoms with E-state index in [0.29, 0.717) is 11.4 Å². The molecule has 6 N–H and O–H groups in total. The van der Waals surface area contributed by atoms with Crippen LogP contribution >= 0.6 is 0 Å². The molecule has 0 saturated carbocycles. The second kappa shape index (κ2) is 10.3. The molecule has 0 fully saturated rings. The first-order chi connectivity index (χ1) is 15.3. The molecule has 2 rings (SSSR count). The highest BCUT2D eigenvalue weighted by Crippen LogP contribution is 2.22. The van der Waals surface area contributed by atoms with E-state index in [4.69, 9.17) is 15.7 Å². The van der Waals surface area contributed by atoms with Crippen LogP contribution < -0.4 is 16.4 Å². The van der Waals surface area contributed by atoms with Crippen LogP contribution in [-0.2, 0) is 17.6 Å². The van der Waals surface area contributed by atoms with Gasteiger partial charge in [0.15, 0.2) is 0 Å². The number of nitriles is 1. The summed E-state index contributed by atoms with van der Waals surface area (Å²) in [6, 6.07) is 10.4. The fourth-order valence-electron chi connectivity index (χ4n) is 3.02. The topological polar surface area (TPSA) is 161 Å². The maximum Gasteiger partial charge on any atom is 0.231 e. The highest BCUT2D eigenvalue weighted by Gasteiger charge is 2.20. The maximum absolute atomic E-state index is 12.4. The Bertz CT molecular complexity index is 1070. The number of nitrogens with zero attached hydrogens (tertiary/aromatic N) is 2. The zero-order valence-corrected chi connectivity index (χ0v) is 19.7. The Morgan fingerprint density at radius 1 is 1.24 bits per heavy atom. The SMILES string of the molecule is CC(C)(C)Cc1cc(NC(=O)Cc2ccc(C(=N)/C(C#N)=C(/N)NC(C)(C)CO)cc2)on1. The van der Waals surface area contributed by atoms with Crippen LogP contribution in [0, 0.1) is 22.2 Å². The minimum Gasteiger partial charge on any atom is -0.394 e. The number of rotatable bonds is 9. The molecule has 0 saturated heterocycles. The molecule has 0 spiro atoms. The summed E-state index contributed by atoms with van der Waals surface area (Å²) < 4.78 is 5.19. The highest BCUT2D eigenvalue weighted by molar-refractivity contribution is 6.13. The molecule has 0 atom stereocenters. The first kappa shape index (κ1) is 25.6. The summed E-state index contributed by atoms with van der Waals surface area (Å²) >= 11 is 0. The molecule has 33 heavy (non-hydrogen) atoms. The number of nitrogens with two attached hydrogens (primary N) is 1. The molecule has 0 bridgehead atoms. The quantitative estimate of drug-likeness (QED) is 0.289. The molecular formula is C24H32N6O3. The van der Waals surface area contributed by atoms with Gasteiger partial charge in [0.05, 0.1) is 30.0 Å². The highest BCUT2D eigenvalue weighted by atomic mass is 16.5.